The van der Waals surface area contributed by atoms with Gasteiger partial charge in [0.1, 0.15) is 0 Å². The van der Waals surface area contributed by atoms with Crippen molar-refractivity contribution in [2.24, 2.45) is 0 Å². The number of hydrogen-bond acceptors (Lipinski definition) is 5. The van der Waals surface area contributed by atoms with E-state index in [1.54, 1.807) is 5.38 Å². The summed E-state index contributed by atoms with van der Waals surface area (Å²) in [7, 11) is 0. The fourth-order valence-electron chi connectivity index (χ4n) is 1.82. The lowest BCUT2D eigenvalue weighted by Gasteiger charge is -2.07. The molecule has 0 bridgehead atoms. The van der Waals surface area contributed by atoms with Gasteiger partial charge in [0.15, 0.2) is 5.13 Å². The summed E-state index contributed by atoms with van der Waals surface area (Å²) in [5.74, 6) is -0.575. The molecule has 4 nitrogen and oxygen atoms in total. The van der Waals surface area contributed by atoms with Crippen LogP contribution in [0.2, 0.25) is 0 Å². The molecule has 2 rings (SSSR count). The number of carbonyl (C=O) groups is 1. The van der Waals surface area contributed by atoms with Crippen molar-refractivity contribution in [1.82, 2.24) is 4.98 Å². The Balaban J connectivity index is 1.91. The van der Waals surface area contributed by atoms with Crippen LogP contribution in [0.1, 0.15) is 36.6 Å². The molecule has 0 saturated carbocycles. The number of aromatic nitrogens is 1. The van der Waals surface area contributed by atoms with Crippen molar-refractivity contribution in [2.45, 2.75) is 32.7 Å². The molecule has 0 aliphatic heterocycles. The van der Waals surface area contributed by atoms with Crippen LogP contribution in [0.15, 0.2) is 29.6 Å². The van der Waals surface area contributed by atoms with Gasteiger partial charge in [0, 0.05) is 24.3 Å². The van der Waals surface area contributed by atoms with E-state index >= 15 is 0 Å². The summed E-state index contributed by atoms with van der Waals surface area (Å²) in [6.07, 6.45) is -0.138. The molecule has 1 N–H and O–H groups in total. The molecular formula is C15H17N2O2S-. The highest BCUT2D eigenvalue weighted by Gasteiger charge is 2.03. The number of rotatable bonds is 6. The average molecular weight is 289 g/mol. The minimum Gasteiger partial charge on any atom is -0.550 e. The fraction of sp³-hybridized carbons (Fsp3) is 0.333. The van der Waals surface area contributed by atoms with Crippen LogP contribution in [0.5, 0.6) is 0 Å². The molecule has 1 heterocycles. The molecule has 0 aliphatic rings. The van der Waals surface area contributed by atoms with E-state index in [9.17, 15) is 9.90 Å². The van der Waals surface area contributed by atoms with Crippen LogP contribution in [0.25, 0.3) is 0 Å². The predicted molar refractivity (Wildman–Crippen MR) is 78.7 cm³/mol. The van der Waals surface area contributed by atoms with E-state index in [2.05, 4.69) is 48.4 Å². The number of carboxylic acids is 1. The van der Waals surface area contributed by atoms with Gasteiger partial charge in [-0.3, -0.25) is 0 Å². The van der Waals surface area contributed by atoms with E-state index in [1.807, 2.05) is 0 Å². The van der Waals surface area contributed by atoms with E-state index < -0.39 is 5.97 Å². The van der Waals surface area contributed by atoms with Gasteiger partial charge in [-0.05, 0) is 17.0 Å². The maximum Gasteiger partial charge on any atom is 0.183 e. The first kappa shape index (κ1) is 14.5. The van der Waals surface area contributed by atoms with E-state index in [4.69, 9.17) is 0 Å². The molecule has 0 unspecified atom stereocenters. The number of hydrogen-bond donors (Lipinski definition) is 1. The minimum absolute atomic E-state index is 0.138. The Kier molecular flexibility index (Phi) is 4.74. The van der Waals surface area contributed by atoms with Crippen LogP contribution in [0, 0.1) is 0 Å². The molecule has 0 amide bonds. The second-order valence-electron chi connectivity index (χ2n) is 4.94. The molecule has 0 saturated heterocycles. The lowest BCUT2D eigenvalue weighted by atomic mass is 10.0. The summed E-state index contributed by atoms with van der Waals surface area (Å²) in [5.41, 5.74) is 3.03. The van der Waals surface area contributed by atoms with Gasteiger partial charge in [-0.1, -0.05) is 38.1 Å². The number of benzene rings is 1. The monoisotopic (exact) mass is 289 g/mol. The van der Waals surface area contributed by atoms with Gasteiger partial charge in [0.25, 0.3) is 0 Å². The Hall–Kier alpha value is -1.88. The molecule has 1 aromatic heterocycles. The molecule has 1 aromatic carbocycles. The third kappa shape index (κ3) is 4.06. The fourth-order valence-corrected chi connectivity index (χ4v) is 2.52. The van der Waals surface area contributed by atoms with Crippen LogP contribution in [0.4, 0.5) is 5.13 Å². The third-order valence-electron chi connectivity index (χ3n) is 2.97. The zero-order valence-electron chi connectivity index (χ0n) is 11.6. The first-order valence-electron chi connectivity index (χ1n) is 6.51. The Morgan fingerprint density at radius 3 is 2.65 bits per heavy atom. The van der Waals surface area contributed by atoms with Crippen LogP contribution < -0.4 is 10.4 Å². The zero-order chi connectivity index (χ0) is 14.5. The van der Waals surface area contributed by atoms with Crippen molar-refractivity contribution in [3.05, 3.63) is 46.5 Å². The van der Waals surface area contributed by atoms with E-state index in [1.165, 1.54) is 22.5 Å². The second kappa shape index (κ2) is 6.52. The van der Waals surface area contributed by atoms with Gasteiger partial charge in [0.2, 0.25) is 0 Å². The second-order valence-corrected chi connectivity index (χ2v) is 5.80. The number of anilines is 1. The largest absolute Gasteiger partial charge is 0.550 e. The normalized spacial score (nSPS) is 10.8. The molecule has 0 radical (unpaired) electrons. The van der Waals surface area contributed by atoms with Crippen molar-refractivity contribution in [2.75, 3.05) is 5.32 Å². The molecule has 0 aliphatic carbocycles. The summed E-state index contributed by atoms with van der Waals surface area (Å²) in [4.78, 5) is 14.7. The summed E-state index contributed by atoms with van der Waals surface area (Å²) in [5, 5.41) is 16.1. The van der Waals surface area contributed by atoms with Crippen LogP contribution in [-0.4, -0.2) is 11.0 Å². The number of nitrogens with one attached hydrogen (secondary N) is 1. The van der Waals surface area contributed by atoms with E-state index in [0.29, 0.717) is 18.2 Å². The molecule has 2 aromatic rings. The Labute approximate surface area is 122 Å². The quantitative estimate of drug-likeness (QED) is 0.885. The van der Waals surface area contributed by atoms with Gasteiger partial charge in [0.05, 0.1) is 5.69 Å². The van der Waals surface area contributed by atoms with Gasteiger partial charge in [-0.15, -0.1) is 11.3 Å². The van der Waals surface area contributed by atoms with Gasteiger partial charge in [-0.25, -0.2) is 4.98 Å². The molecular weight excluding hydrogens is 272 g/mol. The van der Waals surface area contributed by atoms with Gasteiger partial charge < -0.3 is 15.2 Å². The van der Waals surface area contributed by atoms with Crippen LogP contribution >= 0.6 is 11.3 Å². The summed E-state index contributed by atoms with van der Waals surface area (Å²) in [6, 6.07) is 8.45. The standard InChI is InChI=1S/C15H18N2O2S/c1-10(2)12-5-3-11(4-6-12)8-16-15-17-13(9-20-15)7-14(18)19/h3-6,9-10H,7-8H2,1-2H3,(H,16,17)(H,18,19)/p-1. The Morgan fingerprint density at radius 2 is 2.05 bits per heavy atom. The SMILES string of the molecule is CC(C)c1ccc(CNc2nc(CC(=O)[O-])cs2)cc1. The highest BCUT2D eigenvalue weighted by molar-refractivity contribution is 7.13. The summed E-state index contributed by atoms with van der Waals surface area (Å²) < 4.78 is 0. The number of carbonyl (C=O) groups excluding carboxylic acids is 1. The third-order valence-corrected chi connectivity index (χ3v) is 3.82. The zero-order valence-corrected chi connectivity index (χ0v) is 12.4. The molecule has 106 valence electrons. The number of aliphatic carboxylic acids is 1. The average Bonchev–Trinajstić information content (AvgIpc) is 2.83. The smallest absolute Gasteiger partial charge is 0.183 e. The molecule has 20 heavy (non-hydrogen) atoms. The van der Waals surface area contributed by atoms with Gasteiger partial charge >= 0.3 is 0 Å². The summed E-state index contributed by atoms with van der Waals surface area (Å²) >= 11 is 1.41. The van der Waals surface area contributed by atoms with Crippen molar-refractivity contribution >= 4 is 22.4 Å². The van der Waals surface area contributed by atoms with E-state index in [-0.39, 0.29) is 6.42 Å². The highest BCUT2D eigenvalue weighted by atomic mass is 32.1. The maximum atomic E-state index is 10.5. The van der Waals surface area contributed by atoms with Crippen molar-refractivity contribution < 1.29 is 9.90 Å². The number of nitrogens with zero attached hydrogens (tertiary/aromatic N) is 1. The lowest BCUT2D eigenvalue weighted by Crippen LogP contribution is -2.24. The minimum atomic E-state index is -1.11. The maximum absolute atomic E-state index is 10.5. The highest BCUT2D eigenvalue weighted by Crippen LogP contribution is 2.18. The van der Waals surface area contributed by atoms with Crippen LogP contribution in [-0.2, 0) is 17.8 Å². The molecule has 0 atom stereocenters. The summed E-state index contributed by atoms with van der Waals surface area (Å²) in [6.45, 7) is 5.01. The van der Waals surface area contributed by atoms with E-state index in [0.717, 1.165) is 5.13 Å². The predicted octanol–water partition coefficient (Wildman–Crippen LogP) is 2.17. The molecule has 0 fully saturated rings. The topological polar surface area (TPSA) is 65.0 Å². The lowest BCUT2D eigenvalue weighted by molar-refractivity contribution is -0.304. The van der Waals surface area contributed by atoms with Gasteiger partial charge in [-0.2, -0.15) is 0 Å². The molecule has 0 spiro atoms. The first-order chi connectivity index (χ1) is 9.54. The van der Waals surface area contributed by atoms with Crippen molar-refractivity contribution in [3.63, 3.8) is 0 Å². The Bertz CT molecular complexity index is 576. The first-order valence-corrected chi connectivity index (χ1v) is 7.39. The number of thiazole rings is 1. The number of carboxylic acid groups (broad SMARTS) is 1. The van der Waals surface area contributed by atoms with Crippen molar-refractivity contribution in [1.29, 1.82) is 0 Å². The Morgan fingerprint density at radius 1 is 1.35 bits per heavy atom. The van der Waals surface area contributed by atoms with Crippen LogP contribution in [0.3, 0.4) is 0 Å². The molecule has 5 heteroatoms. The van der Waals surface area contributed by atoms with Crippen molar-refractivity contribution in [3.8, 4) is 0 Å².